The van der Waals surface area contributed by atoms with Crippen molar-refractivity contribution in [2.75, 3.05) is 11.1 Å². The van der Waals surface area contributed by atoms with Gasteiger partial charge in [0.05, 0.1) is 11.1 Å². The molecule has 0 bridgehead atoms. The van der Waals surface area contributed by atoms with E-state index in [1.807, 2.05) is 4.40 Å². The standard InChI is InChI=1S/C19H17N5O2S2/c1-10-12(3)28-18-16(10)17-22-23-19(24(17)9-20-18)27-8-15(26)21-14-6-4-13(5-7-14)11(2)25/h4-7,9H,8H2,1-3H3,(H,21,26). The number of anilines is 1. The summed E-state index contributed by atoms with van der Waals surface area (Å²) in [6.45, 7) is 5.63. The van der Waals surface area contributed by atoms with Crippen molar-refractivity contribution in [3.63, 3.8) is 0 Å². The molecule has 0 atom stereocenters. The van der Waals surface area contributed by atoms with Gasteiger partial charge >= 0.3 is 0 Å². The van der Waals surface area contributed by atoms with E-state index >= 15 is 0 Å². The summed E-state index contributed by atoms with van der Waals surface area (Å²) in [5.74, 6) is 0.0226. The first-order valence-corrected chi connectivity index (χ1v) is 10.4. The monoisotopic (exact) mass is 411 g/mol. The number of aromatic nitrogens is 4. The number of amides is 1. The Morgan fingerprint density at radius 3 is 2.64 bits per heavy atom. The lowest BCUT2D eigenvalue weighted by atomic mass is 10.1. The predicted molar refractivity (Wildman–Crippen MR) is 111 cm³/mol. The van der Waals surface area contributed by atoms with E-state index in [0.29, 0.717) is 16.4 Å². The van der Waals surface area contributed by atoms with Gasteiger partial charge in [0, 0.05) is 16.1 Å². The van der Waals surface area contributed by atoms with Gasteiger partial charge in [-0.15, -0.1) is 21.5 Å². The van der Waals surface area contributed by atoms with Crippen LogP contribution in [0.3, 0.4) is 0 Å². The molecule has 0 aliphatic carbocycles. The number of carbonyl (C=O) groups is 2. The second kappa shape index (κ2) is 7.33. The summed E-state index contributed by atoms with van der Waals surface area (Å²) in [5, 5.41) is 13.0. The predicted octanol–water partition coefficient (Wildman–Crippen LogP) is 3.89. The van der Waals surface area contributed by atoms with E-state index in [1.54, 1.807) is 41.9 Å². The molecule has 7 nitrogen and oxygen atoms in total. The van der Waals surface area contributed by atoms with Crippen molar-refractivity contribution < 1.29 is 9.59 Å². The highest BCUT2D eigenvalue weighted by Gasteiger charge is 2.16. The second-order valence-electron chi connectivity index (χ2n) is 6.35. The normalized spacial score (nSPS) is 11.2. The Morgan fingerprint density at radius 1 is 1.18 bits per heavy atom. The molecule has 9 heteroatoms. The minimum atomic E-state index is -0.158. The van der Waals surface area contributed by atoms with Crippen molar-refractivity contribution in [3.8, 4) is 0 Å². The Hall–Kier alpha value is -2.78. The van der Waals surface area contributed by atoms with Crippen molar-refractivity contribution in [3.05, 3.63) is 46.6 Å². The maximum Gasteiger partial charge on any atom is 0.234 e. The van der Waals surface area contributed by atoms with Gasteiger partial charge in [0.15, 0.2) is 16.6 Å². The van der Waals surface area contributed by atoms with Crippen LogP contribution in [0.2, 0.25) is 0 Å². The van der Waals surface area contributed by atoms with E-state index < -0.39 is 0 Å². The summed E-state index contributed by atoms with van der Waals surface area (Å²) in [6.07, 6.45) is 1.70. The molecule has 0 saturated carbocycles. The van der Waals surface area contributed by atoms with Crippen LogP contribution in [0.25, 0.3) is 15.9 Å². The number of nitrogens with zero attached hydrogens (tertiary/aromatic N) is 4. The fourth-order valence-electron chi connectivity index (χ4n) is 2.84. The second-order valence-corrected chi connectivity index (χ2v) is 8.50. The molecule has 28 heavy (non-hydrogen) atoms. The van der Waals surface area contributed by atoms with E-state index in [4.69, 9.17) is 0 Å². The van der Waals surface area contributed by atoms with E-state index in [-0.39, 0.29) is 17.4 Å². The maximum absolute atomic E-state index is 12.3. The third-order valence-electron chi connectivity index (χ3n) is 4.45. The Labute approximate surface area is 169 Å². The highest BCUT2D eigenvalue weighted by molar-refractivity contribution is 7.99. The Kier molecular flexibility index (Phi) is 4.86. The van der Waals surface area contributed by atoms with E-state index in [1.165, 1.54) is 23.6 Å². The van der Waals surface area contributed by atoms with Crippen LogP contribution in [0, 0.1) is 13.8 Å². The summed E-state index contributed by atoms with van der Waals surface area (Å²) in [4.78, 5) is 30.2. The topological polar surface area (TPSA) is 89.2 Å². The highest BCUT2D eigenvalue weighted by Crippen LogP contribution is 2.32. The summed E-state index contributed by atoms with van der Waals surface area (Å²) >= 11 is 2.94. The van der Waals surface area contributed by atoms with Gasteiger partial charge in [-0.1, -0.05) is 11.8 Å². The van der Waals surface area contributed by atoms with Gasteiger partial charge < -0.3 is 5.32 Å². The molecule has 0 unspecified atom stereocenters. The van der Waals surface area contributed by atoms with Crippen LogP contribution < -0.4 is 5.32 Å². The molecule has 0 radical (unpaired) electrons. The number of fused-ring (bicyclic) bond motifs is 3. The maximum atomic E-state index is 12.3. The Bertz CT molecular complexity index is 1210. The first-order chi connectivity index (χ1) is 13.4. The number of hydrogen-bond acceptors (Lipinski definition) is 7. The molecule has 4 rings (SSSR count). The summed E-state index contributed by atoms with van der Waals surface area (Å²) in [6, 6.07) is 6.82. The van der Waals surface area contributed by atoms with Crippen LogP contribution >= 0.6 is 23.1 Å². The van der Waals surface area contributed by atoms with Crippen LogP contribution in [0.1, 0.15) is 27.7 Å². The lowest BCUT2D eigenvalue weighted by Gasteiger charge is -2.05. The zero-order valence-electron chi connectivity index (χ0n) is 15.5. The molecule has 0 spiro atoms. The van der Waals surface area contributed by atoms with Gasteiger partial charge in [-0.3, -0.25) is 14.0 Å². The number of hydrogen-bond donors (Lipinski definition) is 1. The zero-order valence-corrected chi connectivity index (χ0v) is 17.1. The molecule has 1 N–H and O–H groups in total. The molecule has 0 fully saturated rings. The summed E-state index contributed by atoms with van der Waals surface area (Å²) in [7, 11) is 0. The van der Waals surface area contributed by atoms with Crippen molar-refractivity contribution >= 4 is 56.3 Å². The first kappa shape index (κ1) is 18.6. The van der Waals surface area contributed by atoms with Gasteiger partial charge in [-0.05, 0) is 50.6 Å². The molecule has 0 saturated heterocycles. The number of aryl methyl sites for hydroxylation is 2. The van der Waals surface area contributed by atoms with E-state index in [9.17, 15) is 9.59 Å². The SMILES string of the molecule is CC(=O)c1ccc(NC(=O)CSc2nnc3c4c(C)c(C)sc4ncn23)cc1. The smallest absolute Gasteiger partial charge is 0.234 e. The van der Waals surface area contributed by atoms with Crippen molar-refractivity contribution in [1.29, 1.82) is 0 Å². The lowest BCUT2D eigenvalue weighted by Crippen LogP contribution is -2.14. The van der Waals surface area contributed by atoms with Crippen LogP contribution in [0.4, 0.5) is 5.69 Å². The molecule has 1 aromatic carbocycles. The molecule has 0 aliphatic heterocycles. The van der Waals surface area contributed by atoms with Gasteiger partial charge in [-0.25, -0.2) is 4.98 Å². The third kappa shape index (κ3) is 3.38. The quantitative estimate of drug-likeness (QED) is 0.396. The van der Waals surface area contributed by atoms with E-state index in [0.717, 1.165) is 21.4 Å². The molecule has 4 aromatic rings. The van der Waals surface area contributed by atoms with Crippen molar-refractivity contribution in [1.82, 2.24) is 19.6 Å². The minimum Gasteiger partial charge on any atom is -0.325 e. The fraction of sp³-hybridized carbons (Fsp3) is 0.211. The number of thioether (sulfide) groups is 1. The van der Waals surface area contributed by atoms with Crippen LogP contribution in [0.5, 0.6) is 0 Å². The number of ketones is 1. The third-order valence-corrected chi connectivity index (χ3v) is 6.51. The number of benzene rings is 1. The van der Waals surface area contributed by atoms with Crippen molar-refractivity contribution in [2.45, 2.75) is 25.9 Å². The van der Waals surface area contributed by atoms with Crippen LogP contribution in [0.15, 0.2) is 35.7 Å². The molecule has 3 heterocycles. The average molecular weight is 412 g/mol. The largest absolute Gasteiger partial charge is 0.325 e. The van der Waals surface area contributed by atoms with Crippen LogP contribution in [-0.2, 0) is 4.79 Å². The minimum absolute atomic E-state index is 0.00844. The molecule has 3 aromatic heterocycles. The highest BCUT2D eigenvalue weighted by atomic mass is 32.2. The average Bonchev–Trinajstić information content (AvgIpc) is 3.21. The molecular formula is C19H17N5O2S2. The van der Waals surface area contributed by atoms with Gasteiger partial charge in [-0.2, -0.15) is 0 Å². The number of Topliss-reactive ketones (excluding diaryl/α,β-unsaturated/α-hetero) is 1. The van der Waals surface area contributed by atoms with Gasteiger partial charge in [0.2, 0.25) is 5.91 Å². The number of rotatable bonds is 5. The Balaban J connectivity index is 1.48. The first-order valence-electron chi connectivity index (χ1n) is 8.57. The molecule has 0 aliphatic rings. The zero-order chi connectivity index (χ0) is 19.8. The fourth-order valence-corrected chi connectivity index (χ4v) is 4.53. The lowest BCUT2D eigenvalue weighted by molar-refractivity contribution is -0.113. The summed E-state index contributed by atoms with van der Waals surface area (Å²) in [5.41, 5.74) is 3.18. The Morgan fingerprint density at radius 2 is 1.93 bits per heavy atom. The molecule has 1 amide bonds. The number of carbonyl (C=O) groups excluding carboxylic acids is 2. The number of nitrogens with one attached hydrogen (secondary N) is 1. The van der Waals surface area contributed by atoms with Crippen LogP contribution in [-0.4, -0.2) is 37.0 Å². The molecule has 142 valence electrons. The van der Waals surface area contributed by atoms with Gasteiger partial charge in [0.1, 0.15) is 11.2 Å². The molecular weight excluding hydrogens is 394 g/mol. The number of thiophene rings is 1. The van der Waals surface area contributed by atoms with Crippen molar-refractivity contribution in [2.24, 2.45) is 0 Å². The summed E-state index contributed by atoms with van der Waals surface area (Å²) < 4.78 is 1.82. The van der Waals surface area contributed by atoms with E-state index in [2.05, 4.69) is 34.3 Å². The van der Waals surface area contributed by atoms with Gasteiger partial charge in [0.25, 0.3) is 0 Å².